The summed E-state index contributed by atoms with van der Waals surface area (Å²) >= 11 is 0. The van der Waals surface area contributed by atoms with E-state index in [-0.39, 0.29) is 37.5 Å². The van der Waals surface area contributed by atoms with Gasteiger partial charge < -0.3 is 14.2 Å². The molecule has 0 amide bonds. The fraction of sp³-hybridized carbons (Fsp3) is 0.656. The first-order valence-corrected chi connectivity index (χ1v) is 27.4. The van der Waals surface area contributed by atoms with Gasteiger partial charge in [-0.25, -0.2) is 0 Å². The van der Waals surface area contributed by atoms with Crippen molar-refractivity contribution < 1.29 is 28.6 Å². The van der Waals surface area contributed by atoms with Gasteiger partial charge in [-0.3, -0.25) is 14.4 Å². The first-order valence-electron chi connectivity index (χ1n) is 27.4. The van der Waals surface area contributed by atoms with Crippen molar-refractivity contribution in [1.29, 1.82) is 0 Å². The second kappa shape index (κ2) is 54.7. The Kier molecular flexibility index (Phi) is 51.5. The van der Waals surface area contributed by atoms with Crippen LogP contribution in [-0.4, -0.2) is 37.2 Å². The molecule has 0 spiro atoms. The second-order valence-corrected chi connectivity index (χ2v) is 17.7. The van der Waals surface area contributed by atoms with Crippen LogP contribution in [0, 0.1) is 0 Å². The van der Waals surface area contributed by atoms with Crippen molar-refractivity contribution in [3.8, 4) is 0 Å². The summed E-state index contributed by atoms with van der Waals surface area (Å²) in [6.07, 6.45) is 73.6. The average molecular weight is 929 g/mol. The van der Waals surface area contributed by atoms with Crippen molar-refractivity contribution in [1.82, 2.24) is 0 Å². The number of ether oxygens (including phenoxy) is 3. The average Bonchev–Trinajstić information content (AvgIpc) is 3.33. The minimum absolute atomic E-state index is 0.108. The molecule has 0 rings (SSSR count). The van der Waals surface area contributed by atoms with Crippen LogP contribution in [0.15, 0.2) is 109 Å². The quantitative estimate of drug-likeness (QED) is 0.0262. The zero-order chi connectivity index (χ0) is 48.6. The molecule has 6 nitrogen and oxygen atoms in total. The highest BCUT2D eigenvalue weighted by Crippen LogP contribution is 2.13. The van der Waals surface area contributed by atoms with E-state index in [1.807, 2.05) is 0 Å². The SMILES string of the molecule is CC/C=C\C/C=C\C/C=C\C/C=C\CCCCC(=O)OC(COC(=O)CCCCCCC/C=C\C/C=C\CCC)COC(=O)CCCCCCCC/C=C\C/C=C\C/C=C\CCCCCCC. The zero-order valence-corrected chi connectivity index (χ0v) is 43.4. The monoisotopic (exact) mass is 929 g/mol. The lowest BCUT2D eigenvalue weighted by Gasteiger charge is -2.18. The minimum atomic E-state index is -0.813. The van der Waals surface area contributed by atoms with E-state index in [9.17, 15) is 14.4 Å². The number of carbonyl (C=O) groups excluding carboxylic acids is 3. The molecule has 0 bridgehead atoms. The van der Waals surface area contributed by atoms with Crippen molar-refractivity contribution >= 4 is 17.9 Å². The lowest BCUT2D eigenvalue weighted by Crippen LogP contribution is -2.30. The number of carbonyl (C=O) groups is 3. The summed E-state index contributed by atoms with van der Waals surface area (Å²) in [5, 5.41) is 0. The zero-order valence-electron chi connectivity index (χ0n) is 43.4. The van der Waals surface area contributed by atoms with E-state index in [1.165, 1.54) is 57.8 Å². The summed E-state index contributed by atoms with van der Waals surface area (Å²) in [6.45, 7) is 6.38. The maximum absolute atomic E-state index is 12.8. The van der Waals surface area contributed by atoms with E-state index in [1.54, 1.807) is 0 Å². The molecule has 0 fully saturated rings. The number of allylic oxidation sites excluding steroid dienone is 18. The molecule has 0 heterocycles. The normalized spacial score (nSPS) is 12.9. The number of esters is 3. The molecule has 0 aromatic rings. The Hall–Kier alpha value is -3.93. The maximum atomic E-state index is 12.8. The molecule has 0 saturated carbocycles. The van der Waals surface area contributed by atoms with Gasteiger partial charge in [-0.15, -0.1) is 0 Å². The molecular weight excluding hydrogens is 829 g/mol. The third-order valence-corrected chi connectivity index (χ3v) is 11.2. The Morgan fingerprint density at radius 1 is 0.313 bits per heavy atom. The molecule has 0 aliphatic carbocycles. The molecular formula is C61H100O6. The fourth-order valence-corrected chi connectivity index (χ4v) is 7.12. The summed E-state index contributed by atoms with van der Waals surface area (Å²) in [5.41, 5.74) is 0. The highest BCUT2D eigenvalue weighted by molar-refractivity contribution is 5.71. The molecule has 1 atom stereocenters. The lowest BCUT2D eigenvalue weighted by atomic mass is 10.1. The minimum Gasteiger partial charge on any atom is -0.462 e. The van der Waals surface area contributed by atoms with Gasteiger partial charge in [0.25, 0.3) is 0 Å². The molecule has 1 unspecified atom stereocenters. The smallest absolute Gasteiger partial charge is 0.306 e. The highest BCUT2D eigenvalue weighted by atomic mass is 16.6. The van der Waals surface area contributed by atoms with Gasteiger partial charge in [0.2, 0.25) is 0 Å². The van der Waals surface area contributed by atoms with Crippen LogP contribution in [0.3, 0.4) is 0 Å². The molecule has 0 aliphatic rings. The van der Waals surface area contributed by atoms with Gasteiger partial charge in [0.05, 0.1) is 0 Å². The standard InChI is InChI=1S/C61H100O6/c1-4-7-10-13-16-19-22-25-27-28-29-30-31-32-34-36-39-42-45-48-51-54-60(63)66-57-58(56-65-59(62)53-50-47-44-41-38-35-24-21-18-15-12-9-6-3)67-61(64)55-52-49-46-43-40-37-33-26-23-20-17-14-11-8-5-2/h8,11-12,15,17,20-22,24-26,28-29,31-33,40,43,58H,4-7,9-10,13-14,16,18-19,23,27,30,34-39,41-42,44-57H2,1-3H3/b11-8-,15-12-,20-17-,24-21-,25-22-,29-28-,32-31-,33-26-,43-40-. The van der Waals surface area contributed by atoms with E-state index >= 15 is 0 Å². The van der Waals surface area contributed by atoms with E-state index in [0.717, 1.165) is 135 Å². The molecule has 0 radical (unpaired) electrons. The molecule has 0 aromatic carbocycles. The van der Waals surface area contributed by atoms with Crippen LogP contribution in [0.1, 0.15) is 239 Å². The third kappa shape index (κ3) is 52.9. The number of hydrogen-bond acceptors (Lipinski definition) is 6. The molecule has 0 aromatic heterocycles. The van der Waals surface area contributed by atoms with Gasteiger partial charge >= 0.3 is 17.9 Å². The maximum Gasteiger partial charge on any atom is 0.306 e. The van der Waals surface area contributed by atoms with E-state index in [0.29, 0.717) is 19.3 Å². The highest BCUT2D eigenvalue weighted by Gasteiger charge is 2.19. The van der Waals surface area contributed by atoms with Crippen molar-refractivity contribution in [2.75, 3.05) is 13.2 Å². The lowest BCUT2D eigenvalue weighted by molar-refractivity contribution is -0.167. The largest absolute Gasteiger partial charge is 0.462 e. The third-order valence-electron chi connectivity index (χ3n) is 11.2. The van der Waals surface area contributed by atoms with Gasteiger partial charge in [-0.2, -0.15) is 0 Å². The van der Waals surface area contributed by atoms with Gasteiger partial charge in [0, 0.05) is 19.3 Å². The molecule has 67 heavy (non-hydrogen) atoms. The van der Waals surface area contributed by atoms with Crippen molar-refractivity contribution in [3.63, 3.8) is 0 Å². The Labute approximate surface area is 412 Å². The topological polar surface area (TPSA) is 78.9 Å². The Morgan fingerprint density at radius 3 is 1.00 bits per heavy atom. The first-order chi connectivity index (χ1) is 33.0. The van der Waals surface area contributed by atoms with Crippen LogP contribution in [0.4, 0.5) is 0 Å². The van der Waals surface area contributed by atoms with Crippen LogP contribution in [-0.2, 0) is 28.6 Å². The Morgan fingerprint density at radius 2 is 0.612 bits per heavy atom. The summed E-state index contributed by atoms with van der Waals surface area (Å²) in [7, 11) is 0. The van der Waals surface area contributed by atoms with Crippen molar-refractivity contribution in [3.05, 3.63) is 109 Å². The molecule has 0 N–H and O–H groups in total. The predicted molar refractivity (Wildman–Crippen MR) is 288 cm³/mol. The first kappa shape index (κ1) is 63.1. The fourth-order valence-electron chi connectivity index (χ4n) is 7.12. The van der Waals surface area contributed by atoms with Crippen molar-refractivity contribution in [2.45, 2.75) is 245 Å². The predicted octanol–water partition coefficient (Wildman–Crippen LogP) is 18.3. The van der Waals surface area contributed by atoms with Crippen LogP contribution in [0.2, 0.25) is 0 Å². The van der Waals surface area contributed by atoms with Crippen molar-refractivity contribution in [2.24, 2.45) is 0 Å². The molecule has 380 valence electrons. The van der Waals surface area contributed by atoms with Crippen LogP contribution in [0.25, 0.3) is 0 Å². The van der Waals surface area contributed by atoms with Gasteiger partial charge in [0.1, 0.15) is 13.2 Å². The summed E-state index contributed by atoms with van der Waals surface area (Å²) in [6, 6.07) is 0. The van der Waals surface area contributed by atoms with Gasteiger partial charge in [-0.1, -0.05) is 207 Å². The van der Waals surface area contributed by atoms with Crippen LogP contribution < -0.4 is 0 Å². The van der Waals surface area contributed by atoms with E-state index < -0.39 is 6.10 Å². The summed E-state index contributed by atoms with van der Waals surface area (Å²) < 4.78 is 16.8. The van der Waals surface area contributed by atoms with E-state index in [4.69, 9.17) is 14.2 Å². The Bertz CT molecular complexity index is 1390. The number of rotatable bonds is 48. The van der Waals surface area contributed by atoms with Crippen LogP contribution in [0.5, 0.6) is 0 Å². The van der Waals surface area contributed by atoms with Gasteiger partial charge in [-0.05, 0) is 122 Å². The molecule has 6 heteroatoms. The molecule has 0 aliphatic heterocycles. The number of unbranched alkanes of at least 4 members (excludes halogenated alkanes) is 19. The molecule has 0 saturated heterocycles. The van der Waals surface area contributed by atoms with Gasteiger partial charge in [0.15, 0.2) is 6.10 Å². The second-order valence-electron chi connectivity index (χ2n) is 17.7. The van der Waals surface area contributed by atoms with Crippen LogP contribution >= 0.6 is 0 Å². The number of hydrogen-bond donors (Lipinski definition) is 0. The van der Waals surface area contributed by atoms with E-state index in [2.05, 4.69) is 130 Å². The Balaban J connectivity index is 4.46. The summed E-state index contributed by atoms with van der Waals surface area (Å²) in [4.78, 5) is 38.0. The summed E-state index contributed by atoms with van der Waals surface area (Å²) in [5.74, 6) is -0.980.